The fraction of sp³-hybridized carbons (Fsp3) is 0.364. The number of amides is 2. The van der Waals surface area contributed by atoms with Crippen LogP contribution >= 0.6 is 11.8 Å². The average Bonchev–Trinajstić information content (AvgIpc) is 3.46. The number of carbonyl (C=O) groups excluding carboxylic acids is 2. The standard InChI is InChI=1S/C22H25N5O3S/c23-18(28)11-14-27-20(17-10-7-15-30-17)24-25-22(27)31-19(16-8-3-1-4-9-16)21(29)26-12-5-2-6-13-26/h1,3-4,7-10,15,19H,2,5-6,11-14H2,(H2,23,28). The van der Waals surface area contributed by atoms with Crippen LogP contribution in [0, 0.1) is 0 Å². The largest absolute Gasteiger partial charge is 0.461 e. The quantitative estimate of drug-likeness (QED) is 0.540. The molecule has 1 fully saturated rings. The molecule has 2 N–H and O–H groups in total. The predicted molar refractivity (Wildman–Crippen MR) is 117 cm³/mol. The number of carbonyl (C=O) groups is 2. The lowest BCUT2D eigenvalue weighted by Crippen LogP contribution is -2.38. The second kappa shape index (κ2) is 9.82. The Bertz CT molecular complexity index is 1010. The van der Waals surface area contributed by atoms with Crippen molar-refractivity contribution in [3.8, 4) is 11.6 Å². The van der Waals surface area contributed by atoms with E-state index in [-0.39, 0.29) is 12.3 Å². The number of primary amides is 1. The van der Waals surface area contributed by atoms with Gasteiger partial charge in [-0.2, -0.15) is 0 Å². The lowest BCUT2D eigenvalue weighted by Gasteiger charge is -2.30. The molecular formula is C22H25N5O3S. The van der Waals surface area contributed by atoms with Gasteiger partial charge in [0.25, 0.3) is 0 Å². The maximum Gasteiger partial charge on any atom is 0.240 e. The van der Waals surface area contributed by atoms with Gasteiger partial charge < -0.3 is 15.1 Å². The van der Waals surface area contributed by atoms with Crippen LogP contribution in [0.3, 0.4) is 0 Å². The normalized spacial score (nSPS) is 15.0. The zero-order chi connectivity index (χ0) is 21.6. The first-order valence-corrected chi connectivity index (χ1v) is 11.3. The zero-order valence-corrected chi connectivity index (χ0v) is 18.0. The van der Waals surface area contributed by atoms with Gasteiger partial charge in [-0.1, -0.05) is 42.1 Å². The molecule has 1 unspecified atom stereocenters. The van der Waals surface area contributed by atoms with Gasteiger partial charge in [-0.3, -0.25) is 14.2 Å². The molecule has 3 aromatic rings. The molecule has 1 aliphatic rings. The lowest BCUT2D eigenvalue weighted by atomic mass is 10.1. The van der Waals surface area contributed by atoms with Crippen LogP contribution in [-0.2, 0) is 16.1 Å². The van der Waals surface area contributed by atoms with Crippen LogP contribution in [-0.4, -0.2) is 44.6 Å². The minimum atomic E-state index is -0.458. The smallest absolute Gasteiger partial charge is 0.240 e. The van der Waals surface area contributed by atoms with Crippen molar-refractivity contribution in [2.75, 3.05) is 13.1 Å². The van der Waals surface area contributed by atoms with Gasteiger partial charge in [-0.05, 0) is 37.0 Å². The molecule has 31 heavy (non-hydrogen) atoms. The molecule has 1 aliphatic heterocycles. The third-order valence-electron chi connectivity index (χ3n) is 5.26. The van der Waals surface area contributed by atoms with E-state index in [0.29, 0.717) is 23.3 Å². The van der Waals surface area contributed by atoms with Crippen LogP contribution in [0.4, 0.5) is 0 Å². The maximum atomic E-state index is 13.5. The predicted octanol–water partition coefficient (Wildman–Crippen LogP) is 3.26. The molecule has 0 spiro atoms. The van der Waals surface area contributed by atoms with Crippen molar-refractivity contribution in [3.05, 3.63) is 54.3 Å². The van der Waals surface area contributed by atoms with Crippen molar-refractivity contribution in [2.24, 2.45) is 5.73 Å². The van der Waals surface area contributed by atoms with Crippen LogP contribution in [0.2, 0.25) is 0 Å². The molecule has 4 rings (SSSR count). The average molecular weight is 440 g/mol. The van der Waals surface area contributed by atoms with Gasteiger partial charge in [0.1, 0.15) is 5.25 Å². The van der Waals surface area contributed by atoms with Gasteiger partial charge in [0, 0.05) is 26.1 Å². The van der Waals surface area contributed by atoms with Crippen molar-refractivity contribution in [1.82, 2.24) is 19.7 Å². The van der Waals surface area contributed by atoms with Gasteiger partial charge in [-0.15, -0.1) is 10.2 Å². The molecule has 1 saturated heterocycles. The van der Waals surface area contributed by atoms with Crippen LogP contribution in [0.1, 0.15) is 36.5 Å². The highest BCUT2D eigenvalue weighted by Crippen LogP contribution is 2.38. The number of nitrogens with two attached hydrogens (primary N) is 1. The molecule has 3 heterocycles. The summed E-state index contributed by atoms with van der Waals surface area (Å²) in [5.41, 5.74) is 6.29. The molecule has 1 aromatic carbocycles. The summed E-state index contributed by atoms with van der Waals surface area (Å²) in [6.07, 6.45) is 4.89. The number of piperidine rings is 1. The summed E-state index contributed by atoms with van der Waals surface area (Å²) < 4.78 is 7.29. The maximum absolute atomic E-state index is 13.5. The molecule has 1 atom stereocenters. The van der Waals surface area contributed by atoms with Gasteiger partial charge in [-0.25, -0.2) is 0 Å². The van der Waals surface area contributed by atoms with E-state index in [1.807, 2.05) is 35.2 Å². The van der Waals surface area contributed by atoms with E-state index in [9.17, 15) is 9.59 Å². The van der Waals surface area contributed by atoms with Gasteiger partial charge >= 0.3 is 0 Å². The highest BCUT2D eigenvalue weighted by molar-refractivity contribution is 8.00. The van der Waals surface area contributed by atoms with Gasteiger partial charge in [0.05, 0.1) is 6.26 Å². The molecule has 0 radical (unpaired) electrons. The Kier molecular flexibility index (Phi) is 6.71. The van der Waals surface area contributed by atoms with Crippen LogP contribution in [0.25, 0.3) is 11.6 Å². The van der Waals surface area contributed by atoms with Crippen LogP contribution < -0.4 is 5.73 Å². The second-order valence-electron chi connectivity index (χ2n) is 7.45. The van der Waals surface area contributed by atoms with Crippen molar-refractivity contribution in [2.45, 2.75) is 42.6 Å². The first-order chi connectivity index (χ1) is 15.1. The minimum absolute atomic E-state index is 0.0694. The van der Waals surface area contributed by atoms with E-state index in [4.69, 9.17) is 10.2 Å². The van der Waals surface area contributed by atoms with E-state index >= 15 is 0 Å². The monoisotopic (exact) mass is 439 g/mol. The Morgan fingerprint density at radius 3 is 2.52 bits per heavy atom. The van der Waals surface area contributed by atoms with E-state index in [1.165, 1.54) is 11.8 Å². The fourth-order valence-electron chi connectivity index (χ4n) is 3.66. The topological polar surface area (TPSA) is 107 Å². The summed E-state index contributed by atoms with van der Waals surface area (Å²) in [6, 6.07) is 13.3. The summed E-state index contributed by atoms with van der Waals surface area (Å²) in [4.78, 5) is 26.8. The molecule has 0 bridgehead atoms. The van der Waals surface area contributed by atoms with E-state index < -0.39 is 11.2 Å². The third-order valence-corrected chi connectivity index (χ3v) is 6.48. The molecule has 2 aromatic heterocycles. The lowest BCUT2D eigenvalue weighted by molar-refractivity contribution is -0.131. The molecule has 162 valence electrons. The first-order valence-electron chi connectivity index (χ1n) is 10.4. The van der Waals surface area contributed by atoms with Gasteiger partial charge in [0.15, 0.2) is 16.7 Å². The highest BCUT2D eigenvalue weighted by atomic mass is 32.2. The molecule has 0 aliphatic carbocycles. The third kappa shape index (κ3) is 4.99. The minimum Gasteiger partial charge on any atom is -0.461 e. The van der Waals surface area contributed by atoms with Crippen molar-refractivity contribution in [1.29, 1.82) is 0 Å². The fourth-order valence-corrected chi connectivity index (χ4v) is 4.81. The molecule has 9 heteroatoms. The van der Waals surface area contributed by atoms with Crippen molar-refractivity contribution in [3.63, 3.8) is 0 Å². The van der Waals surface area contributed by atoms with E-state index in [2.05, 4.69) is 10.2 Å². The summed E-state index contributed by atoms with van der Waals surface area (Å²) >= 11 is 1.34. The number of aromatic nitrogens is 3. The first kappa shape index (κ1) is 21.2. The Balaban J connectivity index is 1.67. The highest BCUT2D eigenvalue weighted by Gasteiger charge is 2.30. The Morgan fingerprint density at radius 2 is 1.84 bits per heavy atom. The molecule has 8 nitrogen and oxygen atoms in total. The Morgan fingerprint density at radius 1 is 1.06 bits per heavy atom. The number of rotatable bonds is 8. The summed E-state index contributed by atoms with van der Waals surface area (Å²) in [5, 5.41) is 8.70. The van der Waals surface area contributed by atoms with E-state index in [1.54, 1.807) is 23.0 Å². The summed E-state index contributed by atoms with van der Waals surface area (Å²) in [7, 11) is 0. The number of furan rings is 1. The number of benzene rings is 1. The number of hydrogen-bond donors (Lipinski definition) is 1. The van der Waals surface area contributed by atoms with Crippen molar-refractivity contribution >= 4 is 23.6 Å². The molecule has 2 amide bonds. The Hall–Kier alpha value is -3.07. The Labute approximate surface area is 184 Å². The summed E-state index contributed by atoms with van der Waals surface area (Å²) in [5.74, 6) is 0.701. The number of likely N-dealkylation sites (tertiary alicyclic amines) is 1. The number of thioether (sulfide) groups is 1. The van der Waals surface area contributed by atoms with Crippen LogP contribution in [0.15, 0.2) is 58.3 Å². The van der Waals surface area contributed by atoms with Gasteiger partial charge in [0.2, 0.25) is 11.8 Å². The zero-order valence-electron chi connectivity index (χ0n) is 17.1. The molecule has 0 saturated carbocycles. The molecular weight excluding hydrogens is 414 g/mol. The number of nitrogens with zero attached hydrogens (tertiary/aromatic N) is 4. The number of hydrogen-bond acceptors (Lipinski definition) is 6. The second-order valence-corrected chi connectivity index (χ2v) is 8.52. The van der Waals surface area contributed by atoms with E-state index in [0.717, 1.165) is 37.9 Å². The SMILES string of the molecule is NC(=O)CCn1c(SC(C(=O)N2CCCCC2)c2ccccc2)nnc1-c1ccco1. The summed E-state index contributed by atoms with van der Waals surface area (Å²) in [6.45, 7) is 1.85. The van der Waals surface area contributed by atoms with Crippen LogP contribution in [0.5, 0.6) is 0 Å². The van der Waals surface area contributed by atoms with Crippen molar-refractivity contribution < 1.29 is 14.0 Å².